The first-order chi connectivity index (χ1) is 13.1. The second kappa shape index (κ2) is 8.63. The third-order valence-electron chi connectivity index (χ3n) is 3.42. The van der Waals surface area contributed by atoms with Crippen LogP contribution < -0.4 is 16.0 Å². The van der Waals surface area contributed by atoms with Crippen molar-refractivity contribution in [2.24, 2.45) is 0 Å². The Labute approximate surface area is 154 Å². The Kier molecular flexibility index (Phi) is 6.49. The Morgan fingerprint density at radius 1 is 0.821 bits per heavy atom. The standard InChI is InChI=1S/C17H13F6N3O2/c18-11-5-6-12(16(20)15(11)19)26-14(28)8-25-13(27)7-24-10-3-1-9(2-4-10)17(21,22)23/h1-6,24H,7-8H2,(H,25,27)(H,26,28). The predicted octanol–water partition coefficient (Wildman–Crippen LogP) is 3.29. The van der Waals surface area contributed by atoms with Crippen LogP contribution in [0.2, 0.25) is 0 Å². The lowest BCUT2D eigenvalue weighted by Crippen LogP contribution is -2.36. The number of carbonyl (C=O) groups excluding carboxylic acids is 2. The Bertz CT molecular complexity index is 868. The molecule has 11 heteroatoms. The van der Waals surface area contributed by atoms with Crippen LogP contribution in [0.4, 0.5) is 37.7 Å². The van der Waals surface area contributed by atoms with Crippen LogP contribution >= 0.6 is 0 Å². The Balaban J connectivity index is 1.79. The maximum atomic E-state index is 13.4. The van der Waals surface area contributed by atoms with Crippen molar-refractivity contribution in [1.29, 1.82) is 0 Å². The van der Waals surface area contributed by atoms with E-state index >= 15 is 0 Å². The number of rotatable bonds is 6. The lowest BCUT2D eigenvalue weighted by atomic mass is 10.2. The highest BCUT2D eigenvalue weighted by Gasteiger charge is 2.29. The van der Waals surface area contributed by atoms with E-state index < -0.39 is 53.2 Å². The monoisotopic (exact) mass is 405 g/mol. The molecule has 0 aliphatic rings. The minimum Gasteiger partial charge on any atom is -0.376 e. The third kappa shape index (κ3) is 5.63. The van der Waals surface area contributed by atoms with Crippen molar-refractivity contribution in [2.75, 3.05) is 23.7 Å². The van der Waals surface area contributed by atoms with Crippen molar-refractivity contribution in [1.82, 2.24) is 5.32 Å². The van der Waals surface area contributed by atoms with Gasteiger partial charge in [0, 0.05) is 5.69 Å². The van der Waals surface area contributed by atoms with Crippen molar-refractivity contribution in [2.45, 2.75) is 6.18 Å². The molecule has 0 atom stereocenters. The lowest BCUT2D eigenvalue weighted by Gasteiger charge is -2.10. The topological polar surface area (TPSA) is 70.2 Å². The van der Waals surface area contributed by atoms with E-state index in [4.69, 9.17) is 0 Å². The predicted molar refractivity (Wildman–Crippen MR) is 87.9 cm³/mol. The normalized spacial score (nSPS) is 11.1. The second-order valence-electron chi connectivity index (χ2n) is 5.48. The molecule has 5 nitrogen and oxygen atoms in total. The highest BCUT2D eigenvalue weighted by Crippen LogP contribution is 2.29. The summed E-state index contributed by atoms with van der Waals surface area (Å²) in [4.78, 5) is 23.3. The fraction of sp³-hybridized carbons (Fsp3) is 0.176. The molecule has 0 fully saturated rings. The molecule has 0 aliphatic heterocycles. The molecule has 0 unspecified atom stereocenters. The zero-order valence-corrected chi connectivity index (χ0v) is 14.0. The lowest BCUT2D eigenvalue weighted by molar-refractivity contribution is -0.137. The van der Waals surface area contributed by atoms with Gasteiger partial charge in [0.05, 0.1) is 24.3 Å². The highest BCUT2D eigenvalue weighted by molar-refractivity contribution is 5.95. The summed E-state index contributed by atoms with van der Waals surface area (Å²) in [5, 5.41) is 6.69. The van der Waals surface area contributed by atoms with Crippen LogP contribution in [0.1, 0.15) is 5.56 Å². The number of nitrogens with one attached hydrogen (secondary N) is 3. The van der Waals surface area contributed by atoms with Gasteiger partial charge in [0.2, 0.25) is 11.8 Å². The SMILES string of the molecule is O=C(CNc1ccc(C(F)(F)F)cc1)NCC(=O)Nc1ccc(F)c(F)c1F. The molecule has 0 spiro atoms. The Morgan fingerprint density at radius 2 is 1.46 bits per heavy atom. The summed E-state index contributed by atoms with van der Waals surface area (Å²) in [5.74, 6) is -6.32. The van der Waals surface area contributed by atoms with Gasteiger partial charge in [-0.2, -0.15) is 13.2 Å². The molecule has 150 valence electrons. The van der Waals surface area contributed by atoms with Gasteiger partial charge < -0.3 is 16.0 Å². The van der Waals surface area contributed by atoms with E-state index in [1.54, 1.807) is 0 Å². The van der Waals surface area contributed by atoms with Crippen molar-refractivity contribution in [3.05, 3.63) is 59.4 Å². The minimum absolute atomic E-state index is 0.247. The minimum atomic E-state index is -4.48. The Morgan fingerprint density at radius 3 is 2.07 bits per heavy atom. The van der Waals surface area contributed by atoms with Gasteiger partial charge in [0.25, 0.3) is 0 Å². The van der Waals surface area contributed by atoms with Crippen LogP contribution in [0.15, 0.2) is 36.4 Å². The van der Waals surface area contributed by atoms with Crippen molar-refractivity contribution in [3.8, 4) is 0 Å². The molecule has 0 heterocycles. The van der Waals surface area contributed by atoms with Gasteiger partial charge in [0.1, 0.15) is 0 Å². The van der Waals surface area contributed by atoms with Crippen molar-refractivity contribution >= 4 is 23.2 Å². The quantitative estimate of drug-likeness (QED) is 0.510. The average molecular weight is 405 g/mol. The van der Waals surface area contributed by atoms with Gasteiger partial charge in [0.15, 0.2) is 17.5 Å². The first kappa shape index (κ1) is 21.1. The van der Waals surface area contributed by atoms with Crippen molar-refractivity contribution < 1.29 is 35.9 Å². The molecule has 2 amide bonds. The fourth-order valence-electron chi connectivity index (χ4n) is 2.02. The van der Waals surface area contributed by atoms with E-state index in [-0.39, 0.29) is 12.2 Å². The maximum Gasteiger partial charge on any atom is 0.416 e. The number of benzene rings is 2. The van der Waals surface area contributed by atoms with Crippen LogP contribution in [-0.4, -0.2) is 24.9 Å². The smallest absolute Gasteiger partial charge is 0.376 e. The average Bonchev–Trinajstić information content (AvgIpc) is 2.65. The number of anilines is 2. The van der Waals surface area contributed by atoms with Gasteiger partial charge in [-0.05, 0) is 36.4 Å². The van der Waals surface area contributed by atoms with E-state index in [2.05, 4.69) is 10.6 Å². The van der Waals surface area contributed by atoms with Crippen LogP contribution in [0.25, 0.3) is 0 Å². The number of hydrogen-bond donors (Lipinski definition) is 3. The molecule has 0 saturated carbocycles. The number of alkyl halides is 3. The van der Waals surface area contributed by atoms with Crippen LogP contribution in [0.3, 0.4) is 0 Å². The molecule has 0 aromatic heterocycles. The van der Waals surface area contributed by atoms with Gasteiger partial charge in [-0.1, -0.05) is 0 Å². The van der Waals surface area contributed by atoms with Gasteiger partial charge in [-0.15, -0.1) is 0 Å². The largest absolute Gasteiger partial charge is 0.416 e. The zero-order valence-electron chi connectivity index (χ0n) is 14.0. The van der Waals surface area contributed by atoms with E-state index in [0.29, 0.717) is 6.07 Å². The van der Waals surface area contributed by atoms with Gasteiger partial charge >= 0.3 is 6.18 Å². The summed E-state index contributed by atoms with van der Waals surface area (Å²) in [6, 6.07) is 5.39. The van der Waals surface area contributed by atoms with E-state index in [9.17, 15) is 35.9 Å². The molecule has 28 heavy (non-hydrogen) atoms. The molecular weight excluding hydrogens is 392 g/mol. The van der Waals surface area contributed by atoms with Crippen LogP contribution in [-0.2, 0) is 15.8 Å². The molecule has 0 saturated heterocycles. The first-order valence-corrected chi connectivity index (χ1v) is 7.69. The summed E-state index contributed by atoms with van der Waals surface area (Å²) in [7, 11) is 0. The molecule has 3 N–H and O–H groups in total. The van der Waals surface area contributed by atoms with Crippen LogP contribution in [0, 0.1) is 17.5 Å². The number of amides is 2. The number of carbonyl (C=O) groups is 2. The molecule has 2 rings (SSSR count). The fourth-order valence-corrected chi connectivity index (χ4v) is 2.02. The number of hydrogen-bond acceptors (Lipinski definition) is 3. The summed E-state index contributed by atoms with van der Waals surface area (Å²) >= 11 is 0. The van der Waals surface area contributed by atoms with Crippen molar-refractivity contribution in [3.63, 3.8) is 0 Å². The molecule has 0 radical (unpaired) electrons. The van der Waals surface area contributed by atoms with E-state index in [1.807, 2.05) is 5.32 Å². The molecular formula is C17H13F6N3O2. The van der Waals surface area contributed by atoms with Crippen LogP contribution in [0.5, 0.6) is 0 Å². The van der Waals surface area contributed by atoms with E-state index in [1.165, 1.54) is 0 Å². The van der Waals surface area contributed by atoms with Gasteiger partial charge in [-0.3, -0.25) is 9.59 Å². The third-order valence-corrected chi connectivity index (χ3v) is 3.42. The summed E-state index contributed by atoms with van der Waals surface area (Å²) < 4.78 is 76.7. The summed E-state index contributed by atoms with van der Waals surface area (Å²) in [6.45, 7) is -0.940. The molecule has 0 aliphatic carbocycles. The summed E-state index contributed by atoms with van der Waals surface area (Å²) in [5.41, 5.74) is -1.19. The molecule has 2 aromatic rings. The molecule has 2 aromatic carbocycles. The number of halogens is 6. The zero-order chi connectivity index (χ0) is 20.9. The highest BCUT2D eigenvalue weighted by atomic mass is 19.4. The van der Waals surface area contributed by atoms with E-state index in [0.717, 1.165) is 30.3 Å². The Hall–Kier alpha value is -3.24. The molecule has 0 bridgehead atoms. The first-order valence-electron chi connectivity index (χ1n) is 7.69. The maximum absolute atomic E-state index is 13.4. The second-order valence-corrected chi connectivity index (χ2v) is 5.48. The van der Waals surface area contributed by atoms with Gasteiger partial charge in [-0.25, -0.2) is 13.2 Å². The summed E-state index contributed by atoms with van der Waals surface area (Å²) in [6.07, 6.45) is -4.48.